The second-order valence-electron chi connectivity index (χ2n) is 6.46. The van der Waals surface area contributed by atoms with Crippen LogP contribution in [-0.2, 0) is 0 Å². The minimum Gasteiger partial charge on any atom is -0.392 e. The molecule has 0 aliphatic heterocycles. The van der Waals surface area contributed by atoms with Crippen molar-refractivity contribution in [2.24, 2.45) is 17.1 Å². The minimum absolute atomic E-state index is 0.139. The van der Waals surface area contributed by atoms with Crippen LogP contribution < -0.4 is 5.73 Å². The topological polar surface area (TPSA) is 46.2 Å². The fourth-order valence-electron chi connectivity index (χ4n) is 3.56. The Morgan fingerprint density at radius 3 is 2.40 bits per heavy atom. The molecule has 0 amide bonds. The number of nitrogens with two attached hydrogens (primary N) is 1. The van der Waals surface area contributed by atoms with E-state index in [-0.39, 0.29) is 17.3 Å². The maximum absolute atomic E-state index is 10.8. The van der Waals surface area contributed by atoms with Gasteiger partial charge in [-0.15, -0.1) is 0 Å². The van der Waals surface area contributed by atoms with Crippen molar-refractivity contribution in [3.8, 4) is 0 Å². The van der Waals surface area contributed by atoms with E-state index in [0.29, 0.717) is 16.6 Å². The van der Waals surface area contributed by atoms with Gasteiger partial charge in [0.2, 0.25) is 0 Å². The summed E-state index contributed by atoms with van der Waals surface area (Å²) in [4.78, 5) is 0. The quantitative estimate of drug-likeness (QED) is 0.873. The van der Waals surface area contributed by atoms with Crippen LogP contribution in [0.5, 0.6) is 0 Å². The third-order valence-corrected chi connectivity index (χ3v) is 5.45. The minimum atomic E-state index is -0.505. The molecule has 4 heteroatoms. The fourth-order valence-corrected chi connectivity index (χ4v) is 4.24. The first-order chi connectivity index (χ1) is 9.38. The molecule has 2 nitrogen and oxygen atoms in total. The lowest BCUT2D eigenvalue weighted by Gasteiger charge is -2.36. The zero-order chi connectivity index (χ0) is 14.9. The van der Waals surface area contributed by atoms with E-state index in [1.807, 2.05) is 6.07 Å². The molecule has 3 N–H and O–H groups in total. The molecule has 1 aromatic carbocycles. The predicted octanol–water partition coefficient (Wildman–Crippen LogP) is 4.22. The Hall–Kier alpha value is -0.280. The zero-order valence-corrected chi connectivity index (χ0v) is 13.6. The van der Waals surface area contributed by atoms with Gasteiger partial charge in [-0.05, 0) is 41.9 Å². The van der Waals surface area contributed by atoms with Gasteiger partial charge in [-0.2, -0.15) is 0 Å². The smallest absolute Gasteiger partial charge is 0.0655 e. The largest absolute Gasteiger partial charge is 0.392 e. The number of halogens is 2. The monoisotopic (exact) mass is 315 g/mol. The highest BCUT2D eigenvalue weighted by Crippen LogP contribution is 2.48. The summed E-state index contributed by atoms with van der Waals surface area (Å²) in [5.41, 5.74) is 6.85. The van der Waals surface area contributed by atoms with Crippen molar-refractivity contribution >= 4 is 23.2 Å². The standard InChI is InChI=1S/C16H23Cl2NO/c1-16(2)8-4-5-11(16)15(20)10(9-19)14-12(17)6-3-7-13(14)18/h3,6-7,10-11,15,20H,4-5,8-9,19H2,1-2H3. The molecule has 2 rings (SSSR count). The molecule has 0 radical (unpaired) electrons. The molecule has 1 aliphatic rings. The predicted molar refractivity (Wildman–Crippen MR) is 85.4 cm³/mol. The number of aliphatic hydroxyl groups is 1. The summed E-state index contributed by atoms with van der Waals surface area (Å²) in [7, 11) is 0. The maximum Gasteiger partial charge on any atom is 0.0655 e. The van der Waals surface area contributed by atoms with Crippen molar-refractivity contribution in [2.75, 3.05) is 6.54 Å². The highest BCUT2D eigenvalue weighted by atomic mass is 35.5. The molecule has 0 saturated heterocycles. The first-order valence-corrected chi connectivity index (χ1v) is 7.96. The normalized spacial score (nSPS) is 24.6. The van der Waals surface area contributed by atoms with Crippen molar-refractivity contribution in [2.45, 2.75) is 45.1 Å². The van der Waals surface area contributed by atoms with E-state index in [1.165, 1.54) is 0 Å². The SMILES string of the molecule is CC1(C)CCCC1C(O)C(CN)c1c(Cl)cccc1Cl. The van der Waals surface area contributed by atoms with Crippen LogP contribution in [0.25, 0.3) is 0 Å². The zero-order valence-electron chi connectivity index (χ0n) is 12.1. The van der Waals surface area contributed by atoms with Gasteiger partial charge in [0.05, 0.1) is 6.10 Å². The van der Waals surface area contributed by atoms with Gasteiger partial charge in [0.15, 0.2) is 0 Å². The summed E-state index contributed by atoms with van der Waals surface area (Å²) in [5.74, 6) is 0.0296. The van der Waals surface area contributed by atoms with Crippen molar-refractivity contribution in [1.29, 1.82) is 0 Å². The van der Waals surface area contributed by atoms with E-state index in [0.717, 1.165) is 24.8 Å². The van der Waals surface area contributed by atoms with E-state index in [4.69, 9.17) is 28.9 Å². The third-order valence-electron chi connectivity index (χ3n) is 4.79. The third kappa shape index (κ3) is 2.99. The summed E-state index contributed by atoms with van der Waals surface area (Å²) in [6, 6.07) is 5.42. The first-order valence-electron chi connectivity index (χ1n) is 7.20. The highest BCUT2D eigenvalue weighted by molar-refractivity contribution is 6.36. The number of rotatable bonds is 4. The molecular weight excluding hydrogens is 293 g/mol. The van der Waals surface area contributed by atoms with Crippen molar-refractivity contribution in [3.05, 3.63) is 33.8 Å². The van der Waals surface area contributed by atoms with Gasteiger partial charge < -0.3 is 10.8 Å². The molecular formula is C16H23Cl2NO. The lowest BCUT2D eigenvalue weighted by molar-refractivity contribution is 0.0346. The maximum atomic E-state index is 10.8. The van der Waals surface area contributed by atoms with Gasteiger partial charge in [-0.25, -0.2) is 0 Å². The summed E-state index contributed by atoms with van der Waals surface area (Å²) in [5, 5.41) is 12.0. The molecule has 0 heterocycles. The van der Waals surface area contributed by atoms with Crippen molar-refractivity contribution in [1.82, 2.24) is 0 Å². The Morgan fingerprint density at radius 2 is 1.95 bits per heavy atom. The highest BCUT2D eigenvalue weighted by Gasteiger charge is 2.42. The van der Waals surface area contributed by atoms with Crippen LogP contribution >= 0.6 is 23.2 Å². The van der Waals surface area contributed by atoms with Gasteiger partial charge >= 0.3 is 0 Å². The summed E-state index contributed by atoms with van der Waals surface area (Å²) < 4.78 is 0. The van der Waals surface area contributed by atoms with E-state index in [1.54, 1.807) is 12.1 Å². The van der Waals surface area contributed by atoms with Gasteiger partial charge in [-0.1, -0.05) is 49.5 Å². The van der Waals surface area contributed by atoms with Gasteiger partial charge in [0.1, 0.15) is 0 Å². The summed E-state index contributed by atoms with van der Waals surface area (Å²) in [6.07, 6.45) is 2.83. The Balaban J connectivity index is 2.33. The second kappa shape index (κ2) is 6.23. The molecule has 1 saturated carbocycles. The van der Waals surface area contributed by atoms with Crippen LogP contribution in [0.1, 0.15) is 44.6 Å². The van der Waals surface area contributed by atoms with E-state index in [2.05, 4.69) is 13.8 Å². The Kier molecular flexibility index (Phi) is 5.01. The molecule has 0 spiro atoms. The number of hydrogen-bond acceptors (Lipinski definition) is 2. The lowest BCUT2D eigenvalue weighted by atomic mass is 9.73. The van der Waals surface area contributed by atoms with Gasteiger partial charge in [-0.3, -0.25) is 0 Å². The first kappa shape index (κ1) is 16.1. The molecule has 3 atom stereocenters. The van der Waals surface area contributed by atoms with Crippen molar-refractivity contribution in [3.63, 3.8) is 0 Å². The average molecular weight is 316 g/mol. The Morgan fingerprint density at radius 1 is 1.35 bits per heavy atom. The second-order valence-corrected chi connectivity index (χ2v) is 7.27. The number of hydrogen-bond donors (Lipinski definition) is 2. The molecule has 0 aromatic heterocycles. The number of benzene rings is 1. The van der Waals surface area contributed by atoms with Gasteiger partial charge in [0.25, 0.3) is 0 Å². The molecule has 0 bridgehead atoms. The summed E-state index contributed by atoms with van der Waals surface area (Å²) in [6.45, 7) is 4.78. The lowest BCUT2D eigenvalue weighted by Crippen LogP contribution is -2.37. The van der Waals surface area contributed by atoms with Crippen LogP contribution in [0.3, 0.4) is 0 Å². The average Bonchev–Trinajstić information content (AvgIpc) is 2.73. The van der Waals surface area contributed by atoms with Gasteiger partial charge in [0, 0.05) is 22.5 Å². The molecule has 1 fully saturated rings. The van der Waals surface area contributed by atoms with Crippen molar-refractivity contribution < 1.29 is 5.11 Å². The molecule has 1 aromatic rings. The van der Waals surface area contributed by atoms with E-state index in [9.17, 15) is 5.11 Å². The molecule has 1 aliphatic carbocycles. The fraction of sp³-hybridized carbons (Fsp3) is 0.625. The number of aliphatic hydroxyl groups excluding tert-OH is 1. The van der Waals surface area contributed by atoms with Crippen LogP contribution in [0, 0.1) is 11.3 Å². The van der Waals surface area contributed by atoms with Crippen LogP contribution in [0.4, 0.5) is 0 Å². The van der Waals surface area contributed by atoms with Crippen LogP contribution in [0.2, 0.25) is 10.0 Å². The van der Waals surface area contributed by atoms with E-state index >= 15 is 0 Å². The molecule has 3 unspecified atom stereocenters. The Bertz CT molecular complexity index is 455. The molecule has 20 heavy (non-hydrogen) atoms. The van der Waals surface area contributed by atoms with E-state index < -0.39 is 6.10 Å². The Labute approximate surface area is 131 Å². The summed E-state index contributed by atoms with van der Waals surface area (Å²) >= 11 is 12.5. The van der Waals surface area contributed by atoms with Crippen LogP contribution in [0.15, 0.2) is 18.2 Å². The molecule has 112 valence electrons. The van der Waals surface area contributed by atoms with Crippen LogP contribution in [-0.4, -0.2) is 17.8 Å².